The van der Waals surface area contributed by atoms with Crippen molar-refractivity contribution in [3.05, 3.63) is 28.4 Å². The van der Waals surface area contributed by atoms with Gasteiger partial charge in [-0.1, -0.05) is 0 Å². The van der Waals surface area contributed by atoms with Crippen molar-refractivity contribution in [3.8, 4) is 0 Å². The number of anilines is 1. The minimum absolute atomic E-state index is 0.0408. The van der Waals surface area contributed by atoms with E-state index in [1.54, 1.807) is 12.3 Å². The molecule has 1 aromatic heterocycles. The van der Waals surface area contributed by atoms with Gasteiger partial charge >= 0.3 is 5.69 Å². The SMILES string of the molecule is CC1(CNc2ncccc2[N+](=O)[O-])CCCS1. The average molecular weight is 253 g/mol. The fourth-order valence-electron chi connectivity index (χ4n) is 1.93. The molecule has 1 aliphatic rings. The van der Waals surface area contributed by atoms with Crippen LogP contribution in [0.15, 0.2) is 18.3 Å². The largest absolute Gasteiger partial charge is 0.363 e. The Kier molecular flexibility index (Phi) is 3.51. The normalized spacial score (nSPS) is 23.6. The molecular formula is C11H15N3O2S. The Hall–Kier alpha value is -1.30. The van der Waals surface area contributed by atoms with Crippen LogP contribution in [0.25, 0.3) is 0 Å². The van der Waals surface area contributed by atoms with Crippen LogP contribution in [0, 0.1) is 10.1 Å². The van der Waals surface area contributed by atoms with Gasteiger partial charge in [-0.3, -0.25) is 10.1 Å². The van der Waals surface area contributed by atoms with E-state index < -0.39 is 4.92 Å². The summed E-state index contributed by atoms with van der Waals surface area (Å²) < 4.78 is 0.172. The zero-order chi connectivity index (χ0) is 12.3. The van der Waals surface area contributed by atoms with E-state index in [0.29, 0.717) is 5.82 Å². The Morgan fingerprint density at radius 2 is 2.53 bits per heavy atom. The van der Waals surface area contributed by atoms with Gasteiger partial charge in [0.2, 0.25) is 5.82 Å². The minimum Gasteiger partial charge on any atom is -0.363 e. The van der Waals surface area contributed by atoms with Crippen LogP contribution in [-0.4, -0.2) is 27.0 Å². The summed E-state index contributed by atoms with van der Waals surface area (Å²) in [5, 5.41) is 13.9. The van der Waals surface area contributed by atoms with E-state index in [1.807, 2.05) is 11.8 Å². The molecule has 1 N–H and O–H groups in total. The Morgan fingerprint density at radius 1 is 1.71 bits per heavy atom. The average Bonchev–Trinajstić information content (AvgIpc) is 2.74. The van der Waals surface area contributed by atoms with E-state index in [0.717, 1.165) is 13.0 Å². The highest BCUT2D eigenvalue weighted by molar-refractivity contribution is 8.00. The van der Waals surface area contributed by atoms with Crippen LogP contribution in [0.5, 0.6) is 0 Å². The summed E-state index contributed by atoms with van der Waals surface area (Å²) in [6.07, 6.45) is 3.93. The molecule has 0 bridgehead atoms. The number of hydrogen-bond donors (Lipinski definition) is 1. The van der Waals surface area contributed by atoms with Crippen molar-refractivity contribution in [3.63, 3.8) is 0 Å². The van der Waals surface area contributed by atoms with Gasteiger partial charge in [0.15, 0.2) is 0 Å². The number of nitro groups is 1. The molecule has 0 aliphatic carbocycles. The van der Waals surface area contributed by atoms with Crippen molar-refractivity contribution in [1.82, 2.24) is 4.98 Å². The summed E-state index contributed by atoms with van der Waals surface area (Å²) >= 11 is 1.92. The van der Waals surface area contributed by atoms with Crippen molar-refractivity contribution in [2.45, 2.75) is 24.5 Å². The predicted molar refractivity (Wildman–Crippen MR) is 69.5 cm³/mol. The van der Waals surface area contributed by atoms with Gasteiger partial charge in [-0.25, -0.2) is 4.98 Å². The van der Waals surface area contributed by atoms with Crippen molar-refractivity contribution in [1.29, 1.82) is 0 Å². The number of thioether (sulfide) groups is 1. The lowest BCUT2D eigenvalue weighted by Gasteiger charge is -2.22. The van der Waals surface area contributed by atoms with E-state index in [1.165, 1.54) is 18.2 Å². The molecule has 0 radical (unpaired) electrons. The number of hydrogen-bond acceptors (Lipinski definition) is 5. The molecule has 5 nitrogen and oxygen atoms in total. The van der Waals surface area contributed by atoms with Crippen molar-refractivity contribution in [2.24, 2.45) is 0 Å². The third-order valence-corrected chi connectivity index (χ3v) is 4.45. The highest BCUT2D eigenvalue weighted by Crippen LogP contribution is 2.38. The molecule has 1 unspecified atom stereocenters. The molecule has 2 rings (SSSR count). The van der Waals surface area contributed by atoms with Gasteiger partial charge in [0.25, 0.3) is 0 Å². The number of nitrogens with one attached hydrogen (secondary N) is 1. The minimum atomic E-state index is -0.403. The first-order chi connectivity index (χ1) is 8.11. The second kappa shape index (κ2) is 4.91. The Bertz CT molecular complexity index is 419. The van der Waals surface area contributed by atoms with Crippen LogP contribution in [0.1, 0.15) is 19.8 Å². The first-order valence-corrected chi connectivity index (χ1v) is 6.56. The first kappa shape index (κ1) is 12.2. The third-order valence-electron chi connectivity index (χ3n) is 2.91. The molecule has 1 saturated heterocycles. The maximum Gasteiger partial charge on any atom is 0.311 e. The quantitative estimate of drug-likeness (QED) is 0.660. The molecule has 1 aromatic rings. The standard InChI is InChI=1S/C11H15N3O2S/c1-11(5-3-7-17-11)8-13-10-9(14(15)16)4-2-6-12-10/h2,4,6H,3,5,7-8H2,1H3,(H,12,13). The summed E-state index contributed by atoms with van der Waals surface area (Å²) in [6.45, 7) is 2.90. The van der Waals surface area contributed by atoms with Crippen molar-refractivity contribution < 1.29 is 4.92 Å². The molecule has 0 saturated carbocycles. The maximum atomic E-state index is 10.8. The van der Waals surface area contributed by atoms with Crippen molar-refractivity contribution >= 4 is 23.3 Å². The lowest BCUT2D eigenvalue weighted by molar-refractivity contribution is -0.384. The fourth-order valence-corrected chi connectivity index (χ4v) is 3.17. The Balaban J connectivity index is 2.06. The molecule has 1 aliphatic heterocycles. The van der Waals surface area contributed by atoms with Gasteiger partial charge in [0.05, 0.1) is 4.92 Å². The summed E-state index contributed by atoms with van der Waals surface area (Å²) in [4.78, 5) is 14.4. The molecule has 17 heavy (non-hydrogen) atoms. The molecule has 6 heteroatoms. The molecule has 0 aromatic carbocycles. The third kappa shape index (κ3) is 2.88. The van der Waals surface area contributed by atoms with E-state index in [4.69, 9.17) is 0 Å². The topological polar surface area (TPSA) is 68.1 Å². The zero-order valence-corrected chi connectivity index (χ0v) is 10.5. The highest BCUT2D eigenvalue weighted by Gasteiger charge is 2.30. The van der Waals surface area contributed by atoms with Gasteiger partial charge < -0.3 is 5.32 Å². The number of rotatable bonds is 4. The molecule has 92 valence electrons. The first-order valence-electron chi connectivity index (χ1n) is 5.58. The van der Waals surface area contributed by atoms with Gasteiger partial charge in [0.1, 0.15) is 0 Å². The fraction of sp³-hybridized carbons (Fsp3) is 0.545. The van der Waals surface area contributed by atoms with Crippen LogP contribution in [0.4, 0.5) is 11.5 Å². The van der Waals surface area contributed by atoms with Crippen LogP contribution in [-0.2, 0) is 0 Å². The second-order valence-electron chi connectivity index (χ2n) is 4.38. The smallest absolute Gasteiger partial charge is 0.311 e. The van der Waals surface area contributed by atoms with E-state index in [2.05, 4.69) is 17.2 Å². The summed E-state index contributed by atoms with van der Waals surface area (Å²) in [5.74, 6) is 1.54. The lowest BCUT2D eigenvalue weighted by Crippen LogP contribution is -2.27. The van der Waals surface area contributed by atoms with Crippen LogP contribution in [0.2, 0.25) is 0 Å². The molecule has 2 heterocycles. The summed E-state index contributed by atoms with van der Waals surface area (Å²) in [7, 11) is 0. The zero-order valence-electron chi connectivity index (χ0n) is 9.68. The van der Waals surface area contributed by atoms with E-state index >= 15 is 0 Å². The number of pyridine rings is 1. The monoisotopic (exact) mass is 253 g/mol. The highest BCUT2D eigenvalue weighted by atomic mass is 32.2. The van der Waals surface area contributed by atoms with Crippen LogP contribution < -0.4 is 5.32 Å². The summed E-state index contributed by atoms with van der Waals surface area (Å²) in [6, 6.07) is 3.05. The number of aromatic nitrogens is 1. The van der Waals surface area contributed by atoms with Crippen LogP contribution in [0.3, 0.4) is 0 Å². The molecule has 1 atom stereocenters. The van der Waals surface area contributed by atoms with Crippen LogP contribution >= 0.6 is 11.8 Å². The van der Waals surface area contributed by atoms with E-state index in [9.17, 15) is 10.1 Å². The molecule has 0 amide bonds. The number of nitrogens with zero attached hydrogens (tertiary/aromatic N) is 2. The molecule has 1 fully saturated rings. The molecular weight excluding hydrogens is 238 g/mol. The Labute approximate surface area is 104 Å². The van der Waals surface area contributed by atoms with Gasteiger partial charge in [-0.15, -0.1) is 0 Å². The van der Waals surface area contributed by atoms with Gasteiger partial charge in [0, 0.05) is 23.6 Å². The lowest BCUT2D eigenvalue weighted by atomic mass is 10.1. The second-order valence-corrected chi connectivity index (χ2v) is 6.07. The molecule has 0 spiro atoms. The predicted octanol–water partition coefficient (Wildman–Crippen LogP) is 2.69. The van der Waals surface area contributed by atoms with Crippen molar-refractivity contribution in [2.75, 3.05) is 17.6 Å². The van der Waals surface area contributed by atoms with E-state index in [-0.39, 0.29) is 10.4 Å². The maximum absolute atomic E-state index is 10.8. The summed E-state index contributed by atoms with van der Waals surface area (Å²) in [5.41, 5.74) is 0.0408. The van der Waals surface area contributed by atoms with Gasteiger partial charge in [-0.2, -0.15) is 11.8 Å². The van der Waals surface area contributed by atoms with Gasteiger partial charge in [-0.05, 0) is 31.6 Å². The Morgan fingerprint density at radius 3 is 3.18 bits per heavy atom.